The second kappa shape index (κ2) is 10.6. The molecule has 2 aliphatic rings. The summed E-state index contributed by atoms with van der Waals surface area (Å²) in [5, 5.41) is 0. The van der Waals surface area contributed by atoms with Crippen LogP contribution in [0, 0.1) is 11.6 Å². The number of hydrogen-bond acceptors (Lipinski definition) is 4. The SMILES string of the molecule is O=C(C1CCCCN1C(=O)c1ccco1)N1CCN(C(c2ccc(F)cc2)c2ccc(F)cc2)CC1. The van der Waals surface area contributed by atoms with Gasteiger partial charge in [-0.2, -0.15) is 0 Å². The summed E-state index contributed by atoms with van der Waals surface area (Å²) >= 11 is 0. The van der Waals surface area contributed by atoms with Crippen molar-refractivity contribution in [2.45, 2.75) is 31.3 Å². The fourth-order valence-corrected chi connectivity index (χ4v) is 5.29. The molecule has 2 aliphatic heterocycles. The summed E-state index contributed by atoms with van der Waals surface area (Å²) in [6.07, 6.45) is 3.86. The van der Waals surface area contributed by atoms with Gasteiger partial charge in [0.05, 0.1) is 12.3 Å². The first-order chi connectivity index (χ1) is 17.5. The van der Waals surface area contributed by atoms with E-state index in [1.54, 1.807) is 41.3 Å². The zero-order valence-electron chi connectivity index (χ0n) is 20.0. The number of furan rings is 1. The van der Waals surface area contributed by atoms with E-state index in [-0.39, 0.29) is 35.3 Å². The lowest BCUT2D eigenvalue weighted by atomic mass is 9.96. The van der Waals surface area contributed by atoms with Crippen LogP contribution < -0.4 is 0 Å². The van der Waals surface area contributed by atoms with Crippen LogP contribution in [0.1, 0.15) is 47.0 Å². The molecule has 0 spiro atoms. The Kier molecular flexibility index (Phi) is 7.13. The van der Waals surface area contributed by atoms with Crippen LogP contribution in [0.2, 0.25) is 0 Å². The standard InChI is InChI=1S/C28H29F2N3O3/c29-22-10-6-20(7-11-22)26(21-8-12-23(30)13-9-21)31-15-17-32(18-16-31)27(34)24-4-1-2-14-33(24)28(35)25-5-3-19-36-25/h3,5-13,19,24,26H,1-2,4,14-18H2. The summed E-state index contributed by atoms with van der Waals surface area (Å²) < 4.78 is 32.5. The molecule has 1 atom stereocenters. The molecule has 0 saturated carbocycles. The Bertz CT molecular complexity index is 1130. The number of amides is 2. The molecular weight excluding hydrogens is 464 g/mol. The quantitative estimate of drug-likeness (QED) is 0.526. The first kappa shape index (κ1) is 24.2. The third-order valence-corrected chi connectivity index (χ3v) is 7.14. The molecule has 2 amide bonds. The maximum absolute atomic E-state index is 13.6. The van der Waals surface area contributed by atoms with Gasteiger partial charge in [-0.05, 0) is 66.8 Å². The Labute approximate surface area is 209 Å². The number of nitrogens with zero attached hydrogens (tertiary/aromatic N) is 3. The van der Waals surface area contributed by atoms with Crippen LogP contribution in [0.25, 0.3) is 0 Å². The van der Waals surface area contributed by atoms with Gasteiger partial charge in [0.2, 0.25) is 5.91 Å². The minimum atomic E-state index is -0.493. The van der Waals surface area contributed by atoms with Gasteiger partial charge in [0.25, 0.3) is 5.91 Å². The normalized spacial score (nSPS) is 19.0. The van der Waals surface area contributed by atoms with Crippen LogP contribution >= 0.6 is 0 Å². The highest BCUT2D eigenvalue weighted by atomic mass is 19.1. The molecule has 5 rings (SSSR count). The van der Waals surface area contributed by atoms with Crippen LogP contribution in [0.3, 0.4) is 0 Å². The van der Waals surface area contributed by atoms with Crippen molar-refractivity contribution in [3.8, 4) is 0 Å². The molecule has 0 aliphatic carbocycles. The molecule has 1 unspecified atom stereocenters. The molecule has 0 bridgehead atoms. The van der Waals surface area contributed by atoms with Gasteiger partial charge in [0, 0.05) is 32.7 Å². The van der Waals surface area contributed by atoms with Crippen LogP contribution in [0.4, 0.5) is 8.78 Å². The smallest absolute Gasteiger partial charge is 0.290 e. The second-order valence-corrected chi connectivity index (χ2v) is 9.35. The minimum Gasteiger partial charge on any atom is -0.459 e. The molecule has 188 valence electrons. The van der Waals surface area contributed by atoms with Crippen molar-refractivity contribution < 1.29 is 22.8 Å². The van der Waals surface area contributed by atoms with Gasteiger partial charge in [-0.25, -0.2) is 8.78 Å². The third kappa shape index (κ3) is 5.04. The van der Waals surface area contributed by atoms with Crippen molar-refractivity contribution in [3.63, 3.8) is 0 Å². The maximum atomic E-state index is 13.6. The molecule has 3 aromatic rings. The molecule has 0 radical (unpaired) electrons. The molecular formula is C28H29F2N3O3. The largest absolute Gasteiger partial charge is 0.459 e. The lowest BCUT2D eigenvalue weighted by molar-refractivity contribution is -0.139. The van der Waals surface area contributed by atoms with Gasteiger partial charge in [-0.1, -0.05) is 24.3 Å². The van der Waals surface area contributed by atoms with E-state index >= 15 is 0 Å². The van der Waals surface area contributed by atoms with E-state index in [2.05, 4.69) is 4.90 Å². The minimum absolute atomic E-state index is 0.0330. The molecule has 2 aromatic carbocycles. The van der Waals surface area contributed by atoms with Crippen molar-refractivity contribution in [2.24, 2.45) is 0 Å². The van der Waals surface area contributed by atoms with E-state index in [9.17, 15) is 18.4 Å². The summed E-state index contributed by atoms with van der Waals surface area (Å²) in [6.45, 7) is 2.76. The first-order valence-corrected chi connectivity index (χ1v) is 12.4. The maximum Gasteiger partial charge on any atom is 0.290 e. The third-order valence-electron chi connectivity index (χ3n) is 7.14. The summed E-state index contributed by atoms with van der Waals surface area (Å²) in [5.41, 5.74) is 1.82. The average molecular weight is 494 g/mol. The summed E-state index contributed by atoms with van der Waals surface area (Å²) in [5.74, 6) is -0.652. The number of piperidine rings is 1. The number of rotatable bonds is 5. The van der Waals surface area contributed by atoms with Gasteiger partial charge >= 0.3 is 0 Å². The van der Waals surface area contributed by atoms with Gasteiger partial charge in [-0.15, -0.1) is 0 Å². The van der Waals surface area contributed by atoms with Crippen molar-refractivity contribution >= 4 is 11.8 Å². The Morgan fingerprint density at radius 3 is 1.97 bits per heavy atom. The Balaban J connectivity index is 1.30. The predicted octanol–water partition coefficient (Wildman–Crippen LogP) is 4.49. The zero-order valence-corrected chi connectivity index (χ0v) is 20.0. The van der Waals surface area contributed by atoms with E-state index in [4.69, 9.17) is 4.42 Å². The van der Waals surface area contributed by atoms with Gasteiger partial charge in [0.1, 0.15) is 17.7 Å². The number of carbonyl (C=O) groups excluding carboxylic acids is 2. The summed E-state index contributed by atoms with van der Waals surface area (Å²) in [6, 6.07) is 15.3. The molecule has 2 fully saturated rings. The average Bonchev–Trinajstić information content (AvgIpc) is 3.46. The van der Waals surface area contributed by atoms with E-state index in [1.165, 1.54) is 30.5 Å². The summed E-state index contributed by atoms with van der Waals surface area (Å²) in [7, 11) is 0. The fourth-order valence-electron chi connectivity index (χ4n) is 5.29. The van der Waals surface area contributed by atoms with E-state index in [0.29, 0.717) is 39.1 Å². The van der Waals surface area contributed by atoms with E-state index in [0.717, 1.165) is 24.0 Å². The Hall–Kier alpha value is -3.52. The predicted molar refractivity (Wildman–Crippen MR) is 130 cm³/mol. The van der Waals surface area contributed by atoms with Crippen molar-refractivity contribution in [1.29, 1.82) is 0 Å². The van der Waals surface area contributed by atoms with E-state index in [1.807, 2.05) is 4.90 Å². The number of halogens is 2. The second-order valence-electron chi connectivity index (χ2n) is 9.35. The monoisotopic (exact) mass is 493 g/mol. The van der Waals surface area contributed by atoms with Crippen LogP contribution in [0.15, 0.2) is 71.3 Å². The van der Waals surface area contributed by atoms with Crippen LogP contribution in [0.5, 0.6) is 0 Å². The Morgan fingerprint density at radius 2 is 1.42 bits per heavy atom. The number of hydrogen-bond donors (Lipinski definition) is 0. The number of carbonyl (C=O) groups is 2. The zero-order chi connectivity index (χ0) is 25.1. The lowest BCUT2D eigenvalue weighted by Gasteiger charge is -2.42. The number of likely N-dealkylation sites (tertiary alicyclic amines) is 1. The highest BCUT2D eigenvalue weighted by Gasteiger charge is 2.37. The molecule has 1 aromatic heterocycles. The van der Waals surface area contributed by atoms with E-state index < -0.39 is 6.04 Å². The van der Waals surface area contributed by atoms with Crippen LogP contribution in [-0.4, -0.2) is 65.3 Å². The fraction of sp³-hybridized carbons (Fsp3) is 0.357. The molecule has 8 heteroatoms. The van der Waals surface area contributed by atoms with Crippen LogP contribution in [-0.2, 0) is 4.79 Å². The summed E-state index contributed by atoms with van der Waals surface area (Å²) in [4.78, 5) is 32.2. The van der Waals surface area contributed by atoms with Gasteiger partial charge in [-0.3, -0.25) is 14.5 Å². The molecule has 0 N–H and O–H groups in total. The first-order valence-electron chi connectivity index (χ1n) is 12.4. The number of piperazine rings is 1. The topological polar surface area (TPSA) is 57.0 Å². The van der Waals surface area contributed by atoms with Crippen molar-refractivity contribution in [2.75, 3.05) is 32.7 Å². The lowest BCUT2D eigenvalue weighted by Crippen LogP contribution is -2.57. The molecule has 6 nitrogen and oxygen atoms in total. The molecule has 3 heterocycles. The number of benzene rings is 2. The Morgan fingerprint density at radius 1 is 0.806 bits per heavy atom. The van der Waals surface area contributed by atoms with Crippen molar-refractivity contribution in [3.05, 3.63) is 95.4 Å². The molecule has 2 saturated heterocycles. The molecule has 36 heavy (non-hydrogen) atoms. The van der Waals surface area contributed by atoms with Gasteiger partial charge < -0.3 is 14.2 Å². The highest BCUT2D eigenvalue weighted by molar-refractivity contribution is 5.95. The highest BCUT2D eigenvalue weighted by Crippen LogP contribution is 2.31. The van der Waals surface area contributed by atoms with Gasteiger partial charge in [0.15, 0.2) is 5.76 Å². The van der Waals surface area contributed by atoms with Crippen molar-refractivity contribution in [1.82, 2.24) is 14.7 Å².